The van der Waals surface area contributed by atoms with Crippen LogP contribution in [0.25, 0.3) is 0 Å². The molecule has 0 spiro atoms. The topological polar surface area (TPSA) is 50.4 Å². The largest absolute Gasteiger partial charge is 0.497 e. The second-order valence-corrected chi connectivity index (χ2v) is 5.08. The first-order chi connectivity index (χ1) is 10.7. The van der Waals surface area contributed by atoms with Gasteiger partial charge in [-0.05, 0) is 48.5 Å². The van der Waals surface area contributed by atoms with E-state index >= 15 is 0 Å². The highest BCUT2D eigenvalue weighted by molar-refractivity contribution is 7.80. The van der Waals surface area contributed by atoms with Gasteiger partial charge in [0.05, 0.1) is 7.11 Å². The number of carbonyl (C=O) groups excluding carboxylic acids is 1. The average molecular weight is 314 g/mol. The van der Waals surface area contributed by atoms with E-state index < -0.39 is 0 Å². The summed E-state index contributed by atoms with van der Waals surface area (Å²) >= 11 is 5.12. The van der Waals surface area contributed by atoms with Gasteiger partial charge in [-0.25, -0.2) is 0 Å². The van der Waals surface area contributed by atoms with Crippen LogP contribution in [0.2, 0.25) is 0 Å². The zero-order chi connectivity index (χ0) is 15.8. The number of rotatable bonds is 5. The molecule has 0 aliphatic rings. The number of nitrogens with one attached hydrogen (secondary N) is 2. The van der Waals surface area contributed by atoms with Crippen LogP contribution in [0.5, 0.6) is 5.75 Å². The summed E-state index contributed by atoms with van der Waals surface area (Å²) in [4.78, 5) is 11.9. The van der Waals surface area contributed by atoms with Gasteiger partial charge in [-0.15, -0.1) is 0 Å². The molecule has 0 atom stereocenters. The van der Waals surface area contributed by atoms with E-state index in [4.69, 9.17) is 17.0 Å². The molecule has 0 aromatic heterocycles. The van der Waals surface area contributed by atoms with Gasteiger partial charge in [-0.3, -0.25) is 10.1 Å². The number of hydrogen-bond donors (Lipinski definition) is 2. The summed E-state index contributed by atoms with van der Waals surface area (Å²) < 4.78 is 5.11. The molecule has 0 unspecified atom stereocenters. The van der Waals surface area contributed by atoms with Gasteiger partial charge in [0, 0.05) is 12.1 Å². The molecule has 0 aliphatic carbocycles. The minimum absolute atomic E-state index is 0.206. The van der Waals surface area contributed by atoms with Crippen molar-refractivity contribution in [2.75, 3.05) is 13.7 Å². The van der Waals surface area contributed by atoms with Crippen molar-refractivity contribution in [3.05, 3.63) is 65.7 Å². The second-order valence-electron chi connectivity index (χ2n) is 4.67. The van der Waals surface area contributed by atoms with Gasteiger partial charge in [0.1, 0.15) is 5.75 Å². The zero-order valence-electron chi connectivity index (χ0n) is 12.3. The number of benzene rings is 2. The third kappa shape index (κ3) is 4.86. The molecule has 0 bridgehead atoms. The predicted molar refractivity (Wildman–Crippen MR) is 91.2 cm³/mol. The molecule has 1 amide bonds. The number of thiocarbonyl (C=S) groups is 1. The lowest BCUT2D eigenvalue weighted by Gasteiger charge is -2.09. The summed E-state index contributed by atoms with van der Waals surface area (Å²) in [7, 11) is 1.64. The Labute approximate surface area is 135 Å². The third-order valence-electron chi connectivity index (χ3n) is 3.12. The van der Waals surface area contributed by atoms with Gasteiger partial charge >= 0.3 is 0 Å². The smallest absolute Gasteiger partial charge is 0.257 e. The van der Waals surface area contributed by atoms with Crippen LogP contribution >= 0.6 is 12.2 Å². The standard InChI is InChI=1S/C17H18N2O2S/c1-21-15-9-7-13(8-10-15)11-12-18-17(22)19-16(20)14-5-3-2-4-6-14/h2-10H,11-12H2,1H3,(H2,18,19,20,22). The fourth-order valence-corrected chi connectivity index (χ4v) is 2.12. The summed E-state index contributed by atoms with van der Waals surface area (Å²) in [5.74, 6) is 0.630. The van der Waals surface area contributed by atoms with E-state index in [-0.39, 0.29) is 5.91 Å². The van der Waals surface area contributed by atoms with Gasteiger partial charge in [0.15, 0.2) is 5.11 Å². The van der Waals surface area contributed by atoms with Gasteiger partial charge in [0.2, 0.25) is 0 Å². The van der Waals surface area contributed by atoms with Crippen LogP contribution in [0.3, 0.4) is 0 Å². The van der Waals surface area contributed by atoms with Crippen LogP contribution in [-0.4, -0.2) is 24.7 Å². The van der Waals surface area contributed by atoms with Gasteiger partial charge in [-0.1, -0.05) is 30.3 Å². The SMILES string of the molecule is COc1ccc(CCNC(=S)NC(=O)c2ccccc2)cc1. The van der Waals surface area contributed by atoms with E-state index in [1.165, 1.54) is 5.56 Å². The Morgan fingerprint density at radius 3 is 2.41 bits per heavy atom. The van der Waals surface area contributed by atoms with Gasteiger partial charge in [0.25, 0.3) is 5.91 Å². The average Bonchev–Trinajstić information content (AvgIpc) is 2.56. The number of hydrogen-bond acceptors (Lipinski definition) is 3. The van der Waals surface area contributed by atoms with Crippen LogP contribution in [0.4, 0.5) is 0 Å². The third-order valence-corrected chi connectivity index (χ3v) is 3.37. The molecule has 5 heteroatoms. The number of ether oxygens (including phenoxy) is 1. The Balaban J connectivity index is 1.74. The molecular weight excluding hydrogens is 296 g/mol. The monoisotopic (exact) mass is 314 g/mol. The van der Waals surface area contributed by atoms with E-state index in [9.17, 15) is 4.79 Å². The maximum atomic E-state index is 11.9. The summed E-state index contributed by atoms with van der Waals surface area (Å²) in [5, 5.41) is 6.03. The molecule has 2 aromatic rings. The Kier molecular flexibility index (Phi) is 5.91. The lowest BCUT2D eigenvalue weighted by atomic mass is 10.1. The number of carbonyl (C=O) groups is 1. The highest BCUT2D eigenvalue weighted by atomic mass is 32.1. The lowest BCUT2D eigenvalue weighted by molar-refractivity contribution is 0.0976. The fourth-order valence-electron chi connectivity index (χ4n) is 1.92. The van der Waals surface area contributed by atoms with Crippen molar-refractivity contribution >= 4 is 23.2 Å². The molecule has 0 aliphatic heterocycles. The molecule has 4 nitrogen and oxygen atoms in total. The molecule has 2 rings (SSSR count). The molecule has 0 radical (unpaired) electrons. The van der Waals surface area contributed by atoms with Gasteiger partial charge in [-0.2, -0.15) is 0 Å². The summed E-state index contributed by atoms with van der Waals surface area (Å²) in [6.07, 6.45) is 0.811. The van der Waals surface area contributed by atoms with Crippen LogP contribution in [0.1, 0.15) is 15.9 Å². The summed E-state index contributed by atoms with van der Waals surface area (Å²) in [6.45, 7) is 0.653. The minimum Gasteiger partial charge on any atom is -0.497 e. The van der Waals surface area contributed by atoms with Crippen molar-refractivity contribution in [1.29, 1.82) is 0 Å². The molecule has 2 N–H and O–H groups in total. The van der Waals surface area contributed by atoms with Crippen molar-refractivity contribution in [2.24, 2.45) is 0 Å². The second kappa shape index (κ2) is 8.14. The normalized spacial score (nSPS) is 9.86. The van der Waals surface area contributed by atoms with E-state index in [0.717, 1.165) is 12.2 Å². The minimum atomic E-state index is -0.206. The van der Waals surface area contributed by atoms with E-state index in [0.29, 0.717) is 17.2 Å². The van der Waals surface area contributed by atoms with Crippen molar-refractivity contribution in [3.63, 3.8) is 0 Å². The quantitative estimate of drug-likeness (QED) is 0.833. The fraction of sp³-hybridized carbons (Fsp3) is 0.176. The van der Waals surface area contributed by atoms with Crippen LogP contribution in [-0.2, 0) is 6.42 Å². The van der Waals surface area contributed by atoms with Crippen LogP contribution in [0.15, 0.2) is 54.6 Å². The van der Waals surface area contributed by atoms with E-state index in [1.54, 1.807) is 19.2 Å². The number of methoxy groups -OCH3 is 1. The van der Waals surface area contributed by atoms with Gasteiger partial charge < -0.3 is 10.1 Å². The Bertz CT molecular complexity index is 627. The first kappa shape index (κ1) is 16.0. The summed E-state index contributed by atoms with van der Waals surface area (Å²) in [6, 6.07) is 16.8. The maximum Gasteiger partial charge on any atom is 0.257 e. The summed E-state index contributed by atoms with van der Waals surface area (Å²) in [5.41, 5.74) is 1.76. The highest BCUT2D eigenvalue weighted by Crippen LogP contribution is 2.11. The zero-order valence-corrected chi connectivity index (χ0v) is 13.2. The lowest BCUT2D eigenvalue weighted by Crippen LogP contribution is -2.40. The van der Waals surface area contributed by atoms with Crippen molar-refractivity contribution in [3.8, 4) is 5.75 Å². The maximum absolute atomic E-state index is 11.9. The molecule has 114 valence electrons. The highest BCUT2D eigenvalue weighted by Gasteiger charge is 2.06. The Morgan fingerprint density at radius 1 is 1.09 bits per heavy atom. The molecular formula is C17H18N2O2S. The van der Waals surface area contributed by atoms with Crippen molar-refractivity contribution in [1.82, 2.24) is 10.6 Å². The van der Waals surface area contributed by atoms with E-state index in [1.807, 2.05) is 42.5 Å². The Morgan fingerprint density at radius 2 is 1.77 bits per heavy atom. The first-order valence-corrected chi connectivity index (χ1v) is 7.37. The molecule has 0 heterocycles. The predicted octanol–water partition coefficient (Wildman–Crippen LogP) is 2.54. The molecule has 0 saturated carbocycles. The van der Waals surface area contributed by atoms with Crippen molar-refractivity contribution < 1.29 is 9.53 Å². The molecule has 0 saturated heterocycles. The van der Waals surface area contributed by atoms with Crippen molar-refractivity contribution in [2.45, 2.75) is 6.42 Å². The molecule has 22 heavy (non-hydrogen) atoms. The Hall–Kier alpha value is -2.40. The van der Waals surface area contributed by atoms with Crippen LogP contribution in [0, 0.1) is 0 Å². The molecule has 2 aromatic carbocycles. The number of amides is 1. The first-order valence-electron chi connectivity index (χ1n) is 6.96. The van der Waals surface area contributed by atoms with E-state index in [2.05, 4.69) is 10.6 Å². The van der Waals surface area contributed by atoms with Crippen LogP contribution < -0.4 is 15.4 Å². The molecule has 0 fully saturated rings.